The van der Waals surface area contributed by atoms with Gasteiger partial charge >= 0.3 is 0 Å². The predicted molar refractivity (Wildman–Crippen MR) is 104 cm³/mol. The smallest absolute Gasteiger partial charge is 0.255 e. The highest BCUT2D eigenvalue weighted by Gasteiger charge is 2.25. The maximum Gasteiger partial charge on any atom is 0.255 e. The topological polar surface area (TPSA) is 46.9 Å². The molecular weight excluding hydrogens is 341 g/mol. The summed E-state index contributed by atoms with van der Waals surface area (Å²) in [6, 6.07) is 10.5. The molecule has 4 rings (SSSR count). The highest BCUT2D eigenvalue weighted by molar-refractivity contribution is 6.05. The zero-order chi connectivity index (χ0) is 18.8. The Hall–Kier alpha value is -2.69. The van der Waals surface area contributed by atoms with E-state index in [0.717, 1.165) is 23.9 Å². The van der Waals surface area contributed by atoms with Gasteiger partial charge in [-0.3, -0.25) is 9.78 Å². The number of hydrogen-bond donors (Lipinski definition) is 1. The van der Waals surface area contributed by atoms with Crippen LogP contribution in [0.15, 0.2) is 48.8 Å². The first-order valence-corrected chi connectivity index (χ1v) is 9.61. The minimum atomic E-state index is -0.251. The quantitative estimate of drug-likeness (QED) is 0.738. The monoisotopic (exact) mass is 365 g/mol. The molecule has 1 saturated carbocycles. The molecular formula is C22H24FN3O. The molecule has 1 aliphatic carbocycles. The summed E-state index contributed by atoms with van der Waals surface area (Å²) in [5, 5.41) is 3.22. The van der Waals surface area contributed by atoms with Crippen LogP contribution in [0.2, 0.25) is 0 Å². The Morgan fingerprint density at radius 1 is 1.22 bits per heavy atom. The summed E-state index contributed by atoms with van der Waals surface area (Å²) >= 11 is 0. The van der Waals surface area contributed by atoms with E-state index in [-0.39, 0.29) is 17.8 Å². The van der Waals surface area contributed by atoms with Crippen LogP contribution in [0.25, 0.3) is 11.0 Å². The second kappa shape index (κ2) is 7.51. The average Bonchev–Trinajstić information content (AvgIpc) is 3.04. The standard InChI is InChI=1S/C22H24FN3O/c1-15-5-2-3-6-19(15)25-22(27)18-14-26(20-7-4-12-24-21(18)20)13-16-8-10-17(23)11-9-16/h4,7-12,14-15,19H,2-3,5-6,13H2,1H3,(H,25,27). The average molecular weight is 365 g/mol. The van der Waals surface area contributed by atoms with Gasteiger partial charge in [0.15, 0.2) is 0 Å². The summed E-state index contributed by atoms with van der Waals surface area (Å²) in [4.78, 5) is 17.4. The van der Waals surface area contributed by atoms with Crippen molar-refractivity contribution in [2.24, 2.45) is 5.92 Å². The number of rotatable bonds is 4. The van der Waals surface area contributed by atoms with Gasteiger partial charge in [-0.05, 0) is 48.6 Å². The van der Waals surface area contributed by atoms with E-state index >= 15 is 0 Å². The second-order valence-electron chi connectivity index (χ2n) is 7.51. The van der Waals surface area contributed by atoms with Crippen LogP contribution < -0.4 is 5.32 Å². The van der Waals surface area contributed by atoms with Crippen LogP contribution in [0, 0.1) is 11.7 Å². The first-order valence-electron chi connectivity index (χ1n) is 9.61. The third-order valence-electron chi connectivity index (χ3n) is 5.57. The predicted octanol–water partition coefficient (Wildman–Crippen LogP) is 4.53. The largest absolute Gasteiger partial charge is 0.349 e. The molecule has 2 heterocycles. The number of aromatic nitrogens is 2. The number of carbonyl (C=O) groups is 1. The van der Waals surface area contributed by atoms with E-state index in [9.17, 15) is 9.18 Å². The van der Waals surface area contributed by atoms with Gasteiger partial charge in [-0.1, -0.05) is 31.9 Å². The van der Waals surface area contributed by atoms with E-state index in [0.29, 0.717) is 23.5 Å². The van der Waals surface area contributed by atoms with Crippen LogP contribution >= 0.6 is 0 Å². The molecule has 27 heavy (non-hydrogen) atoms. The molecule has 3 aromatic rings. The van der Waals surface area contributed by atoms with Gasteiger partial charge in [0.1, 0.15) is 11.3 Å². The maximum absolute atomic E-state index is 13.2. The first kappa shape index (κ1) is 17.7. The van der Waals surface area contributed by atoms with Gasteiger partial charge < -0.3 is 9.88 Å². The van der Waals surface area contributed by atoms with Crippen LogP contribution in [0.3, 0.4) is 0 Å². The molecule has 140 valence electrons. The molecule has 0 bridgehead atoms. The van der Waals surface area contributed by atoms with Crippen molar-refractivity contribution in [2.75, 3.05) is 0 Å². The number of carbonyl (C=O) groups excluding carboxylic acids is 1. The van der Waals surface area contributed by atoms with E-state index in [1.54, 1.807) is 18.3 Å². The lowest BCUT2D eigenvalue weighted by atomic mass is 9.86. The lowest BCUT2D eigenvalue weighted by molar-refractivity contribution is 0.0911. The second-order valence-corrected chi connectivity index (χ2v) is 7.51. The van der Waals surface area contributed by atoms with Gasteiger partial charge in [0.25, 0.3) is 5.91 Å². The molecule has 1 aromatic carbocycles. The fourth-order valence-corrected chi connectivity index (χ4v) is 3.98. The number of fused-ring (bicyclic) bond motifs is 1. The van der Waals surface area contributed by atoms with Crippen LogP contribution in [-0.4, -0.2) is 21.5 Å². The molecule has 4 nitrogen and oxygen atoms in total. The van der Waals surface area contributed by atoms with Gasteiger partial charge in [-0.2, -0.15) is 0 Å². The summed E-state index contributed by atoms with van der Waals surface area (Å²) in [7, 11) is 0. The molecule has 2 unspecified atom stereocenters. The van der Waals surface area contributed by atoms with Gasteiger partial charge in [-0.15, -0.1) is 0 Å². The van der Waals surface area contributed by atoms with E-state index in [1.807, 2.05) is 22.9 Å². The lowest BCUT2D eigenvalue weighted by Crippen LogP contribution is -2.41. The number of pyridine rings is 1. The molecule has 0 radical (unpaired) electrons. The first-order chi connectivity index (χ1) is 13.1. The van der Waals surface area contributed by atoms with Gasteiger partial charge in [0.2, 0.25) is 0 Å². The molecule has 0 spiro atoms. The Bertz CT molecular complexity index is 948. The minimum absolute atomic E-state index is 0.0599. The number of halogens is 1. The van der Waals surface area contributed by atoms with E-state index < -0.39 is 0 Å². The maximum atomic E-state index is 13.2. The summed E-state index contributed by atoms with van der Waals surface area (Å²) < 4.78 is 15.2. The Kier molecular flexibility index (Phi) is 4.92. The van der Waals surface area contributed by atoms with Crippen LogP contribution in [0.5, 0.6) is 0 Å². The molecule has 5 heteroatoms. The Balaban J connectivity index is 1.63. The van der Waals surface area contributed by atoms with Crippen molar-refractivity contribution in [2.45, 2.75) is 45.2 Å². The summed E-state index contributed by atoms with van der Waals surface area (Å²) in [5.74, 6) is 0.193. The molecule has 1 aliphatic rings. The van der Waals surface area contributed by atoms with Gasteiger partial charge in [0, 0.05) is 25.0 Å². The summed E-state index contributed by atoms with van der Waals surface area (Å²) in [6.45, 7) is 2.77. The van der Waals surface area contributed by atoms with E-state index in [2.05, 4.69) is 17.2 Å². The zero-order valence-corrected chi connectivity index (χ0v) is 15.5. The van der Waals surface area contributed by atoms with Crippen molar-refractivity contribution in [1.29, 1.82) is 0 Å². The fraction of sp³-hybridized carbons (Fsp3) is 0.364. The molecule has 2 atom stereocenters. The van der Waals surface area contributed by atoms with Crippen molar-refractivity contribution in [3.63, 3.8) is 0 Å². The van der Waals surface area contributed by atoms with Crippen molar-refractivity contribution in [3.8, 4) is 0 Å². The van der Waals surface area contributed by atoms with Crippen molar-refractivity contribution < 1.29 is 9.18 Å². The molecule has 1 amide bonds. The summed E-state index contributed by atoms with van der Waals surface area (Å²) in [5.41, 5.74) is 3.19. The fourth-order valence-electron chi connectivity index (χ4n) is 3.98. The Labute approximate surface area is 158 Å². The molecule has 0 saturated heterocycles. The van der Waals surface area contributed by atoms with E-state index in [1.165, 1.54) is 25.0 Å². The minimum Gasteiger partial charge on any atom is -0.349 e. The highest BCUT2D eigenvalue weighted by Crippen LogP contribution is 2.25. The number of amides is 1. The number of nitrogens with one attached hydrogen (secondary N) is 1. The van der Waals surface area contributed by atoms with Crippen LogP contribution in [0.1, 0.15) is 48.5 Å². The van der Waals surface area contributed by atoms with Gasteiger partial charge in [0.05, 0.1) is 11.1 Å². The Morgan fingerprint density at radius 2 is 2.00 bits per heavy atom. The molecule has 0 aliphatic heterocycles. The molecule has 2 aromatic heterocycles. The highest BCUT2D eigenvalue weighted by atomic mass is 19.1. The SMILES string of the molecule is CC1CCCCC1NC(=O)c1cn(Cc2ccc(F)cc2)c2cccnc12. The summed E-state index contributed by atoms with van der Waals surface area (Å²) in [6.07, 6.45) is 8.18. The normalized spacial score (nSPS) is 19.9. The van der Waals surface area contributed by atoms with Gasteiger partial charge in [-0.25, -0.2) is 4.39 Å². The lowest BCUT2D eigenvalue weighted by Gasteiger charge is -2.29. The molecule has 1 N–H and O–H groups in total. The van der Waals surface area contributed by atoms with Crippen molar-refractivity contribution in [1.82, 2.24) is 14.9 Å². The third kappa shape index (κ3) is 3.72. The number of hydrogen-bond acceptors (Lipinski definition) is 2. The third-order valence-corrected chi connectivity index (χ3v) is 5.57. The van der Waals surface area contributed by atoms with Crippen LogP contribution in [0.4, 0.5) is 4.39 Å². The Morgan fingerprint density at radius 3 is 2.78 bits per heavy atom. The van der Waals surface area contributed by atoms with Crippen molar-refractivity contribution >= 4 is 16.9 Å². The van der Waals surface area contributed by atoms with Crippen LogP contribution in [-0.2, 0) is 6.54 Å². The van der Waals surface area contributed by atoms with E-state index in [4.69, 9.17) is 0 Å². The number of benzene rings is 1. The molecule has 1 fully saturated rings. The zero-order valence-electron chi connectivity index (χ0n) is 15.5. The number of nitrogens with zero attached hydrogens (tertiary/aromatic N) is 2. The van der Waals surface area contributed by atoms with Crippen molar-refractivity contribution in [3.05, 3.63) is 65.7 Å².